The Kier molecular flexibility index (Phi) is 2.92. The molecule has 2 rings (SSSR count). The molecule has 0 radical (unpaired) electrons. The smallest absolute Gasteiger partial charge is 0.162 e. The predicted octanol–water partition coefficient (Wildman–Crippen LogP) is 2.75. The first-order valence-electron chi connectivity index (χ1n) is 4.73. The molecule has 0 N–H and O–H groups in total. The van der Waals surface area contributed by atoms with Gasteiger partial charge in [-0.15, -0.1) is 0 Å². The van der Waals surface area contributed by atoms with Crippen molar-refractivity contribution in [2.24, 2.45) is 0 Å². The van der Waals surface area contributed by atoms with Crippen molar-refractivity contribution in [3.05, 3.63) is 41.4 Å². The fourth-order valence-corrected chi connectivity index (χ4v) is 1.36. The third-order valence-corrected chi connectivity index (χ3v) is 2.29. The van der Waals surface area contributed by atoms with Crippen LogP contribution in [0.4, 0.5) is 0 Å². The van der Waals surface area contributed by atoms with E-state index in [4.69, 9.17) is 11.6 Å². The fraction of sp³-hybridized carbons (Fsp3) is 0.182. The van der Waals surface area contributed by atoms with Crippen LogP contribution in [0.2, 0.25) is 5.02 Å². The summed E-state index contributed by atoms with van der Waals surface area (Å²) in [5.41, 5.74) is 0.955. The summed E-state index contributed by atoms with van der Waals surface area (Å²) >= 11 is 5.80. The average molecular weight is 220 g/mol. The lowest BCUT2D eigenvalue weighted by molar-refractivity contribution is 0.903. The van der Waals surface area contributed by atoms with E-state index in [9.17, 15) is 0 Å². The maximum atomic E-state index is 5.80. The molecule has 4 heteroatoms. The van der Waals surface area contributed by atoms with Crippen LogP contribution in [0.1, 0.15) is 12.7 Å². The Labute approximate surface area is 93.2 Å². The molecule has 0 fully saturated rings. The van der Waals surface area contributed by atoms with Crippen molar-refractivity contribution in [3.8, 4) is 11.4 Å². The van der Waals surface area contributed by atoms with Gasteiger partial charge in [0.15, 0.2) is 5.82 Å². The molecule has 0 aliphatic carbocycles. The van der Waals surface area contributed by atoms with Crippen molar-refractivity contribution in [1.29, 1.82) is 0 Å². The third kappa shape index (κ3) is 2.30. The SMILES string of the molecule is CCc1ncnc(-c2ccc(Cl)cc2)n1. The standard InChI is InChI=1S/C11H10ClN3/c1-2-10-13-7-14-11(15-10)8-3-5-9(12)6-4-8/h3-7H,2H2,1H3. The Morgan fingerprint density at radius 3 is 2.53 bits per heavy atom. The van der Waals surface area contributed by atoms with Crippen LogP contribution in [0, 0.1) is 0 Å². The molecule has 0 spiro atoms. The number of halogens is 1. The van der Waals surface area contributed by atoms with Gasteiger partial charge in [0, 0.05) is 17.0 Å². The monoisotopic (exact) mass is 219 g/mol. The van der Waals surface area contributed by atoms with Crippen LogP contribution in [0.5, 0.6) is 0 Å². The van der Waals surface area contributed by atoms with E-state index in [-0.39, 0.29) is 0 Å². The molecule has 1 aromatic carbocycles. The minimum atomic E-state index is 0.693. The number of nitrogens with zero attached hydrogens (tertiary/aromatic N) is 3. The van der Waals surface area contributed by atoms with E-state index >= 15 is 0 Å². The highest BCUT2D eigenvalue weighted by Crippen LogP contribution is 2.17. The van der Waals surface area contributed by atoms with Crippen molar-refractivity contribution < 1.29 is 0 Å². The molecule has 0 atom stereocenters. The Bertz CT molecular complexity index is 454. The minimum Gasteiger partial charge on any atom is -0.221 e. The summed E-state index contributed by atoms with van der Waals surface area (Å²) in [5.74, 6) is 1.49. The highest BCUT2D eigenvalue weighted by molar-refractivity contribution is 6.30. The zero-order valence-electron chi connectivity index (χ0n) is 8.31. The zero-order chi connectivity index (χ0) is 10.7. The van der Waals surface area contributed by atoms with E-state index in [1.165, 1.54) is 6.33 Å². The molecule has 1 heterocycles. The minimum absolute atomic E-state index is 0.693. The van der Waals surface area contributed by atoms with Crippen LogP contribution < -0.4 is 0 Å². The molecule has 0 bridgehead atoms. The van der Waals surface area contributed by atoms with Crippen LogP contribution in [0.15, 0.2) is 30.6 Å². The van der Waals surface area contributed by atoms with Gasteiger partial charge >= 0.3 is 0 Å². The predicted molar refractivity (Wildman–Crippen MR) is 59.7 cm³/mol. The summed E-state index contributed by atoms with van der Waals surface area (Å²) < 4.78 is 0. The summed E-state index contributed by atoms with van der Waals surface area (Å²) in [6.45, 7) is 2.01. The molecule has 0 aliphatic rings. The Balaban J connectivity index is 2.40. The van der Waals surface area contributed by atoms with Crippen molar-refractivity contribution in [1.82, 2.24) is 15.0 Å². The third-order valence-electron chi connectivity index (χ3n) is 2.04. The van der Waals surface area contributed by atoms with Gasteiger partial charge in [-0.3, -0.25) is 0 Å². The Morgan fingerprint density at radius 1 is 1.13 bits per heavy atom. The van der Waals surface area contributed by atoms with Crippen LogP contribution in [0.25, 0.3) is 11.4 Å². The lowest BCUT2D eigenvalue weighted by Crippen LogP contribution is -1.96. The summed E-state index contributed by atoms with van der Waals surface area (Å²) in [5, 5.41) is 0.712. The topological polar surface area (TPSA) is 38.7 Å². The van der Waals surface area contributed by atoms with Crippen LogP contribution in [-0.2, 0) is 6.42 Å². The molecule has 15 heavy (non-hydrogen) atoms. The quantitative estimate of drug-likeness (QED) is 0.780. The van der Waals surface area contributed by atoms with E-state index in [2.05, 4.69) is 15.0 Å². The van der Waals surface area contributed by atoms with Crippen molar-refractivity contribution in [3.63, 3.8) is 0 Å². The molecule has 0 unspecified atom stereocenters. The molecule has 1 aromatic heterocycles. The number of aromatic nitrogens is 3. The van der Waals surface area contributed by atoms with Crippen molar-refractivity contribution in [2.45, 2.75) is 13.3 Å². The largest absolute Gasteiger partial charge is 0.221 e. The maximum Gasteiger partial charge on any atom is 0.162 e. The Hall–Kier alpha value is -1.48. The molecular formula is C11H10ClN3. The highest BCUT2D eigenvalue weighted by Gasteiger charge is 2.02. The van der Waals surface area contributed by atoms with Crippen molar-refractivity contribution >= 4 is 11.6 Å². The maximum absolute atomic E-state index is 5.80. The number of benzene rings is 1. The van der Waals surface area contributed by atoms with Gasteiger partial charge in [-0.1, -0.05) is 18.5 Å². The van der Waals surface area contributed by atoms with Crippen LogP contribution in [-0.4, -0.2) is 15.0 Å². The number of rotatable bonds is 2. The molecule has 2 aromatic rings. The molecule has 76 valence electrons. The lowest BCUT2D eigenvalue weighted by Gasteiger charge is -2.01. The summed E-state index contributed by atoms with van der Waals surface area (Å²) in [7, 11) is 0. The molecule has 0 aliphatic heterocycles. The van der Waals surface area contributed by atoms with Gasteiger partial charge in [0.25, 0.3) is 0 Å². The first kappa shape index (κ1) is 10.1. The van der Waals surface area contributed by atoms with E-state index in [1.54, 1.807) is 0 Å². The van der Waals surface area contributed by atoms with Gasteiger partial charge < -0.3 is 0 Å². The van der Waals surface area contributed by atoms with E-state index in [0.29, 0.717) is 10.8 Å². The zero-order valence-corrected chi connectivity index (χ0v) is 9.07. The summed E-state index contributed by atoms with van der Waals surface area (Å²) in [6.07, 6.45) is 2.35. The number of aryl methyl sites for hydroxylation is 1. The summed E-state index contributed by atoms with van der Waals surface area (Å²) in [6, 6.07) is 7.45. The van der Waals surface area contributed by atoms with E-state index < -0.39 is 0 Å². The van der Waals surface area contributed by atoms with Gasteiger partial charge in [0.1, 0.15) is 12.2 Å². The van der Waals surface area contributed by atoms with Gasteiger partial charge in [-0.25, -0.2) is 15.0 Å². The van der Waals surface area contributed by atoms with E-state index in [0.717, 1.165) is 17.8 Å². The molecule has 3 nitrogen and oxygen atoms in total. The average Bonchev–Trinajstić information content (AvgIpc) is 2.30. The molecule has 0 saturated carbocycles. The second-order valence-corrected chi connectivity index (χ2v) is 3.52. The molecular weight excluding hydrogens is 210 g/mol. The first-order chi connectivity index (χ1) is 7.29. The number of hydrogen-bond donors (Lipinski definition) is 0. The van der Waals surface area contributed by atoms with Gasteiger partial charge in [-0.05, 0) is 24.3 Å². The number of hydrogen-bond acceptors (Lipinski definition) is 3. The Morgan fingerprint density at radius 2 is 1.87 bits per heavy atom. The van der Waals surface area contributed by atoms with E-state index in [1.807, 2.05) is 31.2 Å². The highest BCUT2D eigenvalue weighted by atomic mass is 35.5. The van der Waals surface area contributed by atoms with Gasteiger partial charge in [0.2, 0.25) is 0 Å². The summed E-state index contributed by atoms with van der Waals surface area (Å²) in [4.78, 5) is 12.5. The second-order valence-electron chi connectivity index (χ2n) is 3.09. The normalized spacial score (nSPS) is 10.3. The van der Waals surface area contributed by atoms with Crippen LogP contribution >= 0.6 is 11.6 Å². The second kappa shape index (κ2) is 4.36. The molecule has 0 amide bonds. The van der Waals surface area contributed by atoms with Crippen molar-refractivity contribution in [2.75, 3.05) is 0 Å². The molecule has 0 saturated heterocycles. The van der Waals surface area contributed by atoms with Gasteiger partial charge in [0.05, 0.1) is 0 Å². The van der Waals surface area contributed by atoms with Crippen LogP contribution in [0.3, 0.4) is 0 Å². The van der Waals surface area contributed by atoms with Gasteiger partial charge in [-0.2, -0.15) is 0 Å². The first-order valence-corrected chi connectivity index (χ1v) is 5.11. The lowest BCUT2D eigenvalue weighted by atomic mass is 10.2. The fourth-order valence-electron chi connectivity index (χ4n) is 1.24.